The Hall–Kier alpha value is -2.05. The van der Waals surface area contributed by atoms with Crippen LogP contribution in [0.3, 0.4) is 0 Å². The van der Waals surface area contributed by atoms with E-state index in [1.165, 1.54) is 0 Å². The minimum atomic E-state index is -0.615. The molecule has 0 fully saturated rings. The molecule has 0 saturated carbocycles. The Morgan fingerprint density at radius 2 is 2.00 bits per heavy atom. The molecule has 0 saturated heterocycles. The number of nitrogens with zero attached hydrogens (tertiary/aromatic N) is 1. The number of aromatic amines is 1. The monoisotopic (exact) mass is 310 g/mol. The largest absolute Gasteiger partial charge is 0.447 e. The fourth-order valence-corrected chi connectivity index (χ4v) is 1.96. The van der Waals surface area contributed by atoms with Crippen LogP contribution < -0.4 is 10.6 Å². The third-order valence-corrected chi connectivity index (χ3v) is 2.87. The van der Waals surface area contributed by atoms with Crippen LogP contribution >= 0.6 is 0 Å². The van der Waals surface area contributed by atoms with Crippen LogP contribution in [0.25, 0.3) is 0 Å². The van der Waals surface area contributed by atoms with Gasteiger partial charge in [-0.05, 0) is 33.1 Å². The van der Waals surface area contributed by atoms with Crippen LogP contribution in [0.4, 0.5) is 4.79 Å². The van der Waals surface area contributed by atoms with Gasteiger partial charge in [-0.3, -0.25) is 4.79 Å². The molecule has 0 spiro atoms. The smallest absolute Gasteiger partial charge is 0.408 e. The normalized spacial score (nSPS) is 12.3. The van der Waals surface area contributed by atoms with E-state index < -0.39 is 12.1 Å². The summed E-state index contributed by atoms with van der Waals surface area (Å²) in [6.45, 7) is 9.70. The zero-order chi connectivity index (χ0) is 16.7. The molecule has 0 unspecified atom stereocenters. The van der Waals surface area contributed by atoms with Gasteiger partial charge >= 0.3 is 6.09 Å². The van der Waals surface area contributed by atoms with E-state index in [0.29, 0.717) is 13.0 Å². The van der Waals surface area contributed by atoms with Gasteiger partial charge in [0.1, 0.15) is 11.9 Å². The summed E-state index contributed by atoms with van der Waals surface area (Å²) in [6.07, 6.45) is 1.41. The van der Waals surface area contributed by atoms with Crippen molar-refractivity contribution in [1.82, 2.24) is 20.6 Å². The molecule has 1 atom stereocenters. The average Bonchev–Trinajstić information content (AvgIpc) is 2.79. The molecule has 7 nitrogen and oxygen atoms in total. The van der Waals surface area contributed by atoms with E-state index in [9.17, 15) is 9.59 Å². The Morgan fingerprint density at radius 1 is 1.32 bits per heavy atom. The lowest BCUT2D eigenvalue weighted by molar-refractivity contribution is -0.123. The molecule has 22 heavy (non-hydrogen) atoms. The number of hydrogen-bond acceptors (Lipinski definition) is 4. The summed E-state index contributed by atoms with van der Waals surface area (Å²) in [4.78, 5) is 31.1. The summed E-state index contributed by atoms with van der Waals surface area (Å²) in [5, 5.41) is 5.42. The third-order valence-electron chi connectivity index (χ3n) is 2.87. The number of amides is 2. The Bertz CT molecular complexity index is 497. The van der Waals surface area contributed by atoms with E-state index in [4.69, 9.17) is 4.74 Å². The Balaban J connectivity index is 2.57. The van der Waals surface area contributed by atoms with Crippen LogP contribution in [-0.4, -0.2) is 34.1 Å². The molecule has 1 aromatic rings. The molecule has 124 valence electrons. The summed E-state index contributed by atoms with van der Waals surface area (Å²) < 4.78 is 5.03. The van der Waals surface area contributed by atoms with Crippen molar-refractivity contribution in [3.63, 3.8) is 0 Å². The first-order valence-electron chi connectivity index (χ1n) is 7.53. The van der Waals surface area contributed by atoms with E-state index >= 15 is 0 Å². The maximum atomic E-state index is 12.3. The van der Waals surface area contributed by atoms with E-state index in [2.05, 4.69) is 20.6 Å². The fourth-order valence-electron chi connectivity index (χ4n) is 1.96. The molecule has 0 bridgehead atoms. The average molecular weight is 310 g/mol. The number of ether oxygens (including phenoxy) is 1. The fraction of sp³-hybridized carbons (Fsp3) is 0.667. The lowest BCUT2D eigenvalue weighted by Crippen LogP contribution is -2.47. The van der Waals surface area contributed by atoms with Crippen LogP contribution in [0.15, 0.2) is 6.20 Å². The molecule has 0 aliphatic rings. The van der Waals surface area contributed by atoms with Gasteiger partial charge in [0.2, 0.25) is 5.91 Å². The van der Waals surface area contributed by atoms with Gasteiger partial charge in [0.05, 0.1) is 24.5 Å². The number of imidazole rings is 1. The van der Waals surface area contributed by atoms with Crippen molar-refractivity contribution in [3.05, 3.63) is 17.7 Å². The Labute approximate surface area is 131 Å². The van der Waals surface area contributed by atoms with Gasteiger partial charge in [-0.2, -0.15) is 0 Å². The van der Waals surface area contributed by atoms with Gasteiger partial charge in [0.15, 0.2) is 0 Å². The van der Waals surface area contributed by atoms with Gasteiger partial charge < -0.3 is 20.4 Å². The summed E-state index contributed by atoms with van der Waals surface area (Å²) in [5.41, 5.74) is 0.818. The van der Waals surface area contributed by atoms with Crippen molar-refractivity contribution in [1.29, 1.82) is 0 Å². The minimum Gasteiger partial charge on any atom is -0.447 e. The van der Waals surface area contributed by atoms with Gasteiger partial charge in [-0.25, -0.2) is 9.78 Å². The maximum Gasteiger partial charge on any atom is 0.408 e. The van der Waals surface area contributed by atoms with Crippen molar-refractivity contribution in [2.45, 2.75) is 59.7 Å². The molecule has 3 N–H and O–H groups in total. The number of nitrogens with one attached hydrogen (secondary N) is 3. The Morgan fingerprint density at radius 3 is 2.50 bits per heavy atom. The molecular formula is C15H26N4O3. The standard InChI is InChI=1S/C15H26N4O3/c1-9(2)6-13(19-15(21)22-10(3)4)14(20)17-8-12-7-16-11(5)18-12/h7,9-10,13H,6,8H2,1-5H3,(H,16,18)(H,17,20)(H,19,21)/t13-/m0/s1. The highest BCUT2D eigenvalue weighted by Gasteiger charge is 2.22. The van der Waals surface area contributed by atoms with Crippen molar-refractivity contribution >= 4 is 12.0 Å². The van der Waals surface area contributed by atoms with Gasteiger partial charge in [0.25, 0.3) is 0 Å². The molecular weight excluding hydrogens is 284 g/mol. The zero-order valence-electron chi connectivity index (χ0n) is 13.9. The molecule has 0 radical (unpaired) electrons. The first-order valence-corrected chi connectivity index (χ1v) is 7.53. The molecule has 1 rings (SSSR count). The minimum absolute atomic E-state index is 0.226. The summed E-state index contributed by atoms with van der Waals surface area (Å²) in [6, 6.07) is -0.615. The highest BCUT2D eigenvalue weighted by Crippen LogP contribution is 2.06. The molecule has 7 heteroatoms. The van der Waals surface area contributed by atoms with Crippen LogP contribution in [0.5, 0.6) is 0 Å². The quantitative estimate of drug-likeness (QED) is 0.716. The second-order valence-electron chi connectivity index (χ2n) is 5.99. The number of aryl methyl sites for hydroxylation is 1. The number of rotatable bonds is 7. The number of carbonyl (C=O) groups excluding carboxylic acids is 2. The van der Waals surface area contributed by atoms with Crippen molar-refractivity contribution in [2.24, 2.45) is 5.92 Å². The van der Waals surface area contributed by atoms with E-state index in [1.807, 2.05) is 20.8 Å². The number of carbonyl (C=O) groups is 2. The number of alkyl carbamates (subject to hydrolysis) is 1. The maximum absolute atomic E-state index is 12.3. The first-order chi connectivity index (χ1) is 10.3. The third kappa shape index (κ3) is 6.60. The highest BCUT2D eigenvalue weighted by molar-refractivity contribution is 5.85. The SMILES string of the molecule is Cc1ncc(CNC(=O)[C@H](CC(C)C)NC(=O)OC(C)C)[nH]1. The van der Waals surface area contributed by atoms with E-state index in [1.54, 1.807) is 20.0 Å². The summed E-state index contributed by atoms with van der Waals surface area (Å²) >= 11 is 0. The van der Waals surface area contributed by atoms with Crippen molar-refractivity contribution < 1.29 is 14.3 Å². The number of H-pyrrole nitrogens is 1. The highest BCUT2D eigenvalue weighted by atomic mass is 16.6. The molecule has 0 aliphatic carbocycles. The van der Waals surface area contributed by atoms with E-state index in [0.717, 1.165) is 11.5 Å². The molecule has 1 heterocycles. The lowest BCUT2D eigenvalue weighted by atomic mass is 10.0. The van der Waals surface area contributed by atoms with Gasteiger partial charge in [0, 0.05) is 0 Å². The second-order valence-corrected chi connectivity index (χ2v) is 5.99. The van der Waals surface area contributed by atoms with Crippen LogP contribution in [0.1, 0.15) is 45.6 Å². The topological polar surface area (TPSA) is 96.1 Å². The molecule has 0 aromatic carbocycles. The number of hydrogen-bond donors (Lipinski definition) is 3. The second kappa shape index (κ2) is 8.41. The van der Waals surface area contributed by atoms with E-state index in [-0.39, 0.29) is 17.9 Å². The summed E-state index contributed by atoms with van der Waals surface area (Å²) in [7, 11) is 0. The Kier molecular flexibility index (Phi) is 6.88. The summed E-state index contributed by atoms with van der Waals surface area (Å²) in [5.74, 6) is 0.827. The van der Waals surface area contributed by atoms with Crippen LogP contribution in [0, 0.1) is 12.8 Å². The first kappa shape index (κ1) is 18.0. The molecule has 2 amide bonds. The van der Waals surface area contributed by atoms with Gasteiger partial charge in [-0.15, -0.1) is 0 Å². The van der Waals surface area contributed by atoms with Crippen molar-refractivity contribution in [2.75, 3.05) is 0 Å². The predicted octanol–water partition coefficient (Wildman–Crippen LogP) is 1.88. The van der Waals surface area contributed by atoms with Crippen molar-refractivity contribution in [3.8, 4) is 0 Å². The number of aromatic nitrogens is 2. The zero-order valence-corrected chi connectivity index (χ0v) is 13.9. The lowest BCUT2D eigenvalue weighted by Gasteiger charge is -2.20. The van der Waals surface area contributed by atoms with Crippen LogP contribution in [-0.2, 0) is 16.1 Å². The molecule has 0 aliphatic heterocycles. The molecule has 1 aromatic heterocycles. The van der Waals surface area contributed by atoms with Crippen LogP contribution in [0.2, 0.25) is 0 Å². The predicted molar refractivity (Wildman–Crippen MR) is 83.2 cm³/mol. The van der Waals surface area contributed by atoms with Gasteiger partial charge in [-0.1, -0.05) is 13.8 Å².